The number of amides is 1. The van der Waals surface area contributed by atoms with Gasteiger partial charge in [0.05, 0.1) is 10.7 Å². The van der Waals surface area contributed by atoms with E-state index >= 15 is 0 Å². The third-order valence-corrected chi connectivity index (χ3v) is 1.95. The Morgan fingerprint density at radius 3 is 3.07 bits per heavy atom. The number of hydrogen-bond donors (Lipinski definition) is 1. The molecule has 1 heterocycles. The minimum absolute atomic E-state index is 0.0640. The van der Waals surface area contributed by atoms with Crippen LogP contribution in [0.15, 0.2) is 16.7 Å². The minimum Gasteiger partial charge on any atom is -0.375 e. The van der Waals surface area contributed by atoms with Gasteiger partial charge in [-0.3, -0.25) is 4.79 Å². The Bertz CT molecular complexity index is 346. The molecule has 1 aromatic heterocycles. The van der Waals surface area contributed by atoms with Gasteiger partial charge in [-0.2, -0.15) is 0 Å². The van der Waals surface area contributed by atoms with Crippen LogP contribution in [-0.4, -0.2) is 24.6 Å². The van der Waals surface area contributed by atoms with Crippen molar-refractivity contribution in [2.45, 2.75) is 0 Å². The molecule has 0 spiro atoms. The molecule has 0 unspecified atom stereocenters. The van der Waals surface area contributed by atoms with Gasteiger partial charge < -0.3 is 10.1 Å². The monoisotopic (exact) mass is 262 g/mol. The first-order valence-corrected chi connectivity index (χ1v) is 4.52. The Labute approximate surface area is 88.6 Å². The second kappa shape index (κ2) is 5.02. The Balaban J connectivity index is 2.72. The van der Waals surface area contributed by atoms with Crippen molar-refractivity contribution in [3.8, 4) is 0 Å². The van der Waals surface area contributed by atoms with E-state index in [9.17, 15) is 9.18 Å². The molecule has 1 aromatic rings. The van der Waals surface area contributed by atoms with Crippen molar-refractivity contribution in [2.24, 2.45) is 0 Å². The number of methoxy groups -OCH3 is 1. The second-order valence-corrected chi connectivity index (χ2v) is 3.32. The lowest BCUT2D eigenvalue weighted by Crippen LogP contribution is -2.18. The number of hydrogen-bond acceptors (Lipinski definition) is 3. The molecule has 0 fully saturated rings. The molecule has 0 saturated heterocycles. The van der Waals surface area contributed by atoms with Gasteiger partial charge in [0.25, 0.3) is 5.91 Å². The molecule has 0 aromatic carbocycles. The summed E-state index contributed by atoms with van der Waals surface area (Å²) in [6, 6.07) is 1.22. The molecule has 1 N–H and O–H groups in total. The molecule has 0 saturated carbocycles. The number of carbonyl (C=O) groups excluding carboxylic acids is 1. The summed E-state index contributed by atoms with van der Waals surface area (Å²) in [5.74, 6) is -0.539. The predicted octanol–water partition coefficient (Wildman–Crippen LogP) is 1.57. The van der Waals surface area contributed by atoms with Crippen molar-refractivity contribution in [1.29, 1.82) is 0 Å². The molecule has 0 radical (unpaired) electrons. The number of nitrogens with one attached hydrogen (secondary N) is 1. The lowest BCUT2D eigenvalue weighted by molar-refractivity contribution is -0.119. The Morgan fingerprint density at radius 2 is 2.50 bits per heavy atom. The highest BCUT2D eigenvalue weighted by Crippen LogP contribution is 2.19. The van der Waals surface area contributed by atoms with Gasteiger partial charge in [0.2, 0.25) is 0 Å². The van der Waals surface area contributed by atoms with Gasteiger partial charge in [-0.05, 0) is 22.0 Å². The normalized spacial score (nSPS) is 9.93. The van der Waals surface area contributed by atoms with E-state index in [1.54, 1.807) is 0 Å². The van der Waals surface area contributed by atoms with Crippen molar-refractivity contribution < 1.29 is 13.9 Å². The first-order valence-electron chi connectivity index (χ1n) is 3.73. The van der Waals surface area contributed by atoms with Crippen LogP contribution in [0, 0.1) is 5.82 Å². The quantitative estimate of drug-likeness (QED) is 0.900. The standard InChI is InChI=1S/C8H8BrFN2O2/c1-14-4-7(13)12-8-6(9)2-5(10)3-11-8/h2-3H,4H2,1H3,(H,11,12,13). The van der Waals surface area contributed by atoms with Crippen LogP contribution in [0.1, 0.15) is 0 Å². The summed E-state index contributed by atoms with van der Waals surface area (Å²) in [5.41, 5.74) is 0. The molecule has 0 aliphatic heterocycles. The SMILES string of the molecule is COCC(=O)Nc1ncc(F)cc1Br. The van der Waals surface area contributed by atoms with Gasteiger partial charge in [-0.25, -0.2) is 9.37 Å². The summed E-state index contributed by atoms with van der Waals surface area (Å²) in [6.45, 7) is -0.0640. The number of pyridine rings is 1. The molecule has 0 aliphatic carbocycles. The summed E-state index contributed by atoms with van der Waals surface area (Å²) < 4.78 is 17.6. The van der Waals surface area contributed by atoms with Gasteiger partial charge >= 0.3 is 0 Å². The minimum atomic E-state index is -0.471. The molecule has 0 aliphatic rings. The van der Waals surface area contributed by atoms with E-state index < -0.39 is 5.82 Å². The fourth-order valence-corrected chi connectivity index (χ4v) is 1.23. The van der Waals surface area contributed by atoms with Gasteiger partial charge in [0.15, 0.2) is 0 Å². The molecule has 1 amide bonds. The highest BCUT2D eigenvalue weighted by Gasteiger charge is 2.06. The van der Waals surface area contributed by atoms with Gasteiger partial charge in [-0.1, -0.05) is 0 Å². The Hall–Kier alpha value is -1.01. The molecule has 0 bridgehead atoms. The number of nitrogens with zero attached hydrogens (tertiary/aromatic N) is 1. The largest absolute Gasteiger partial charge is 0.375 e. The van der Waals surface area contributed by atoms with E-state index in [0.29, 0.717) is 4.47 Å². The number of rotatable bonds is 3. The molecule has 4 nitrogen and oxygen atoms in total. The van der Waals surface area contributed by atoms with Crippen LogP contribution in [0.4, 0.5) is 10.2 Å². The van der Waals surface area contributed by atoms with E-state index in [4.69, 9.17) is 0 Å². The maximum absolute atomic E-state index is 12.6. The van der Waals surface area contributed by atoms with Crippen molar-refractivity contribution in [1.82, 2.24) is 4.98 Å². The zero-order valence-electron chi connectivity index (χ0n) is 7.38. The lowest BCUT2D eigenvalue weighted by Gasteiger charge is -2.04. The molecule has 1 rings (SSSR count). The molecular weight excluding hydrogens is 255 g/mol. The summed E-state index contributed by atoms with van der Waals surface area (Å²) in [6.07, 6.45) is 1.02. The summed E-state index contributed by atoms with van der Waals surface area (Å²) >= 11 is 3.07. The van der Waals surface area contributed by atoms with Gasteiger partial charge in [0, 0.05) is 7.11 Å². The van der Waals surface area contributed by atoms with Crippen LogP contribution in [0.25, 0.3) is 0 Å². The lowest BCUT2D eigenvalue weighted by atomic mass is 10.4. The average Bonchev–Trinajstić information content (AvgIpc) is 2.10. The van der Waals surface area contributed by atoms with Crippen LogP contribution in [-0.2, 0) is 9.53 Å². The Morgan fingerprint density at radius 1 is 1.79 bits per heavy atom. The van der Waals surface area contributed by atoms with Crippen molar-refractivity contribution in [3.05, 3.63) is 22.6 Å². The highest BCUT2D eigenvalue weighted by molar-refractivity contribution is 9.10. The first kappa shape index (κ1) is 11.1. The number of ether oxygens (including phenoxy) is 1. The molecule has 0 atom stereocenters. The zero-order valence-corrected chi connectivity index (χ0v) is 8.97. The van der Waals surface area contributed by atoms with Crippen molar-refractivity contribution in [3.63, 3.8) is 0 Å². The van der Waals surface area contributed by atoms with Crippen LogP contribution in [0.2, 0.25) is 0 Å². The number of anilines is 1. The molecule has 6 heteroatoms. The zero-order chi connectivity index (χ0) is 10.6. The molecule has 14 heavy (non-hydrogen) atoms. The van der Waals surface area contributed by atoms with Crippen molar-refractivity contribution in [2.75, 3.05) is 19.0 Å². The van der Waals surface area contributed by atoms with Gasteiger partial charge in [-0.15, -0.1) is 0 Å². The summed E-state index contributed by atoms with van der Waals surface area (Å²) in [4.78, 5) is 14.7. The third-order valence-electron chi connectivity index (χ3n) is 1.34. The Kier molecular flexibility index (Phi) is 3.97. The first-order chi connectivity index (χ1) is 6.63. The maximum Gasteiger partial charge on any atom is 0.251 e. The second-order valence-electron chi connectivity index (χ2n) is 2.47. The molecule has 76 valence electrons. The van der Waals surface area contributed by atoms with Crippen LogP contribution in [0.3, 0.4) is 0 Å². The smallest absolute Gasteiger partial charge is 0.251 e. The van der Waals surface area contributed by atoms with E-state index in [1.807, 2.05) is 0 Å². The fourth-order valence-electron chi connectivity index (χ4n) is 0.806. The van der Waals surface area contributed by atoms with Crippen molar-refractivity contribution >= 4 is 27.7 Å². The summed E-state index contributed by atoms with van der Waals surface area (Å²) in [7, 11) is 1.41. The number of halogens is 2. The van der Waals surface area contributed by atoms with Gasteiger partial charge in [0.1, 0.15) is 18.2 Å². The molecular formula is C8H8BrFN2O2. The van der Waals surface area contributed by atoms with E-state index in [-0.39, 0.29) is 18.3 Å². The van der Waals surface area contributed by atoms with E-state index in [0.717, 1.165) is 6.20 Å². The van der Waals surface area contributed by atoms with E-state index in [2.05, 4.69) is 31.0 Å². The fraction of sp³-hybridized carbons (Fsp3) is 0.250. The van der Waals surface area contributed by atoms with Crippen LogP contribution in [0.5, 0.6) is 0 Å². The van der Waals surface area contributed by atoms with Crippen LogP contribution < -0.4 is 5.32 Å². The maximum atomic E-state index is 12.6. The average molecular weight is 263 g/mol. The third kappa shape index (κ3) is 3.04. The predicted molar refractivity (Wildman–Crippen MR) is 52.4 cm³/mol. The number of carbonyl (C=O) groups is 1. The van der Waals surface area contributed by atoms with E-state index in [1.165, 1.54) is 13.2 Å². The van der Waals surface area contributed by atoms with Crippen LogP contribution >= 0.6 is 15.9 Å². The highest BCUT2D eigenvalue weighted by atomic mass is 79.9. The summed E-state index contributed by atoms with van der Waals surface area (Å²) in [5, 5.41) is 2.45. The topological polar surface area (TPSA) is 51.2 Å². The number of aromatic nitrogens is 1.